The molecule has 5 heteroatoms. The van der Waals surface area contributed by atoms with E-state index in [1.165, 1.54) is 0 Å². The van der Waals surface area contributed by atoms with Gasteiger partial charge in [-0.15, -0.1) is 0 Å². The van der Waals surface area contributed by atoms with Crippen molar-refractivity contribution in [2.75, 3.05) is 33.2 Å². The van der Waals surface area contributed by atoms with Crippen molar-refractivity contribution in [2.45, 2.75) is 19.5 Å². The summed E-state index contributed by atoms with van der Waals surface area (Å²) in [4.78, 5) is 16.2. The third-order valence-electron chi connectivity index (χ3n) is 3.41. The van der Waals surface area contributed by atoms with Crippen LogP contribution in [0.2, 0.25) is 0 Å². The largest absolute Gasteiger partial charge is 0.467 e. The highest BCUT2D eigenvalue weighted by atomic mass is 16.3. The Bertz CT molecular complexity index is 372. The Morgan fingerprint density at radius 1 is 1.56 bits per heavy atom. The highest BCUT2D eigenvalue weighted by molar-refractivity contribution is 5.81. The summed E-state index contributed by atoms with van der Waals surface area (Å²) < 4.78 is 5.26. The van der Waals surface area contributed by atoms with Crippen molar-refractivity contribution in [2.24, 2.45) is 0 Å². The van der Waals surface area contributed by atoms with Crippen molar-refractivity contribution in [1.29, 1.82) is 0 Å². The molecule has 1 unspecified atom stereocenters. The molecule has 100 valence electrons. The monoisotopic (exact) mass is 251 g/mol. The fraction of sp³-hybridized carbons (Fsp3) is 0.615. The van der Waals surface area contributed by atoms with E-state index >= 15 is 0 Å². The van der Waals surface area contributed by atoms with Gasteiger partial charge < -0.3 is 14.6 Å². The molecule has 1 aromatic rings. The lowest BCUT2D eigenvalue weighted by Gasteiger charge is -2.33. The van der Waals surface area contributed by atoms with Crippen molar-refractivity contribution in [3.63, 3.8) is 0 Å². The quantitative estimate of drug-likeness (QED) is 0.848. The number of nitrogens with zero attached hydrogens (tertiary/aromatic N) is 2. The first-order valence-electron chi connectivity index (χ1n) is 6.40. The van der Waals surface area contributed by atoms with Crippen molar-refractivity contribution in [3.8, 4) is 0 Å². The Labute approximate surface area is 108 Å². The zero-order valence-corrected chi connectivity index (χ0v) is 11.1. The first-order valence-corrected chi connectivity index (χ1v) is 6.40. The average molecular weight is 251 g/mol. The molecule has 5 nitrogen and oxygen atoms in total. The second kappa shape index (κ2) is 6.02. The van der Waals surface area contributed by atoms with Crippen molar-refractivity contribution in [3.05, 3.63) is 24.2 Å². The van der Waals surface area contributed by atoms with Gasteiger partial charge in [-0.3, -0.25) is 9.69 Å². The molecule has 1 atom stereocenters. The van der Waals surface area contributed by atoms with Crippen LogP contribution in [-0.4, -0.2) is 55.0 Å². The lowest BCUT2D eigenvalue weighted by atomic mass is 10.2. The smallest absolute Gasteiger partial charge is 0.239 e. The van der Waals surface area contributed by atoms with Gasteiger partial charge in [-0.1, -0.05) is 0 Å². The van der Waals surface area contributed by atoms with Gasteiger partial charge in [0.1, 0.15) is 5.76 Å². The van der Waals surface area contributed by atoms with E-state index in [-0.39, 0.29) is 11.9 Å². The highest BCUT2D eigenvalue weighted by Gasteiger charge is 2.25. The van der Waals surface area contributed by atoms with Gasteiger partial charge in [-0.25, -0.2) is 0 Å². The zero-order chi connectivity index (χ0) is 13.0. The van der Waals surface area contributed by atoms with Crippen LogP contribution in [0, 0.1) is 0 Å². The van der Waals surface area contributed by atoms with Gasteiger partial charge in [-0.2, -0.15) is 0 Å². The first kappa shape index (κ1) is 13.1. The fourth-order valence-corrected chi connectivity index (χ4v) is 2.26. The number of carbonyl (C=O) groups excluding carboxylic acids is 1. The van der Waals surface area contributed by atoms with Gasteiger partial charge in [0.25, 0.3) is 0 Å². The standard InChI is InChI=1S/C13H21N3O2/c1-11(16-7-5-14-6-8-16)13(17)15(2)10-12-4-3-9-18-12/h3-4,9,11,14H,5-8,10H2,1-2H3. The number of rotatable bonds is 4. The molecule has 1 saturated heterocycles. The summed E-state index contributed by atoms with van der Waals surface area (Å²) in [5.74, 6) is 0.965. The van der Waals surface area contributed by atoms with E-state index in [9.17, 15) is 4.79 Å². The molecule has 1 aromatic heterocycles. The number of furan rings is 1. The SMILES string of the molecule is CC(C(=O)N(C)Cc1ccco1)N1CCNCC1. The number of hydrogen-bond donors (Lipinski definition) is 1. The Kier molecular flexibility index (Phi) is 4.38. The number of nitrogens with one attached hydrogen (secondary N) is 1. The molecular formula is C13H21N3O2. The minimum atomic E-state index is -0.0629. The number of carbonyl (C=O) groups is 1. The molecule has 18 heavy (non-hydrogen) atoms. The molecule has 0 saturated carbocycles. The van der Waals surface area contributed by atoms with Crippen LogP contribution >= 0.6 is 0 Å². The molecule has 2 rings (SSSR count). The third kappa shape index (κ3) is 3.11. The van der Waals surface area contributed by atoms with Crippen molar-refractivity contribution < 1.29 is 9.21 Å². The summed E-state index contributed by atoms with van der Waals surface area (Å²) in [5, 5.41) is 3.29. The highest BCUT2D eigenvalue weighted by Crippen LogP contribution is 2.08. The van der Waals surface area contributed by atoms with Gasteiger partial charge in [0, 0.05) is 33.2 Å². The lowest BCUT2D eigenvalue weighted by Crippen LogP contribution is -2.52. The van der Waals surface area contributed by atoms with E-state index in [1.807, 2.05) is 26.1 Å². The molecule has 0 aromatic carbocycles. The molecule has 0 radical (unpaired) electrons. The maximum absolute atomic E-state index is 12.3. The van der Waals surface area contributed by atoms with E-state index in [2.05, 4.69) is 10.2 Å². The van der Waals surface area contributed by atoms with Crippen LogP contribution in [0.3, 0.4) is 0 Å². The lowest BCUT2D eigenvalue weighted by molar-refractivity contribution is -0.136. The summed E-state index contributed by atoms with van der Waals surface area (Å²) in [6.07, 6.45) is 1.63. The maximum Gasteiger partial charge on any atom is 0.239 e. The van der Waals surface area contributed by atoms with Gasteiger partial charge in [0.15, 0.2) is 0 Å². The Morgan fingerprint density at radius 2 is 2.28 bits per heavy atom. The Hall–Kier alpha value is -1.33. The van der Waals surface area contributed by atoms with Gasteiger partial charge >= 0.3 is 0 Å². The topological polar surface area (TPSA) is 48.7 Å². The molecule has 1 fully saturated rings. The zero-order valence-electron chi connectivity index (χ0n) is 11.1. The first-order chi connectivity index (χ1) is 8.68. The molecule has 1 N–H and O–H groups in total. The molecule has 1 aliphatic rings. The Morgan fingerprint density at radius 3 is 2.89 bits per heavy atom. The average Bonchev–Trinajstić information content (AvgIpc) is 2.91. The number of likely N-dealkylation sites (N-methyl/N-ethyl adjacent to an activating group) is 1. The summed E-state index contributed by atoms with van der Waals surface area (Å²) >= 11 is 0. The molecular weight excluding hydrogens is 230 g/mol. The molecule has 1 aliphatic heterocycles. The van der Waals surface area contributed by atoms with Crippen LogP contribution in [0.15, 0.2) is 22.8 Å². The summed E-state index contributed by atoms with van der Waals surface area (Å²) in [7, 11) is 1.82. The molecule has 0 bridgehead atoms. The van der Waals surface area contributed by atoms with Crippen LogP contribution in [0.5, 0.6) is 0 Å². The van der Waals surface area contributed by atoms with Crippen LogP contribution < -0.4 is 5.32 Å². The van der Waals surface area contributed by atoms with Crippen LogP contribution in [-0.2, 0) is 11.3 Å². The second-order valence-electron chi connectivity index (χ2n) is 4.74. The molecule has 1 amide bonds. The van der Waals surface area contributed by atoms with Crippen LogP contribution in [0.4, 0.5) is 0 Å². The summed E-state index contributed by atoms with van der Waals surface area (Å²) in [5.41, 5.74) is 0. The van der Waals surface area contributed by atoms with Gasteiger partial charge in [0.05, 0.1) is 18.8 Å². The van der Waals surface area contributed by atoms with E-state index in [4.69, 9.17) is 4.42 Å². The van der Waals surface area contributed by atoms with Gasteiger partial charge in [0.2, 0.25) is 5.91 Å². The molecule has 0 spiro atoms. The van der Waals surface area contributed by atoms with E-state index in [1.54, 1.807) is 11.2 Å². The van der Waals surface area contributed by atoms with E-state index < -0.39 is 0 Å². The molecule has 0 aliphatic carbocycles. The Balaban J connectivity index is 1.88. The van der Waals surface area contributed by atoms with Crippen LogP contribution in [0.25, 0.3) is 0 Å². The number of piperazine rings is 1. The second-order valence-corrected chi connectivity index (χ2v) is 4.74. The van der Waals surface area contributed by atoms with E-state index in [0.717, 1.165) is 31.9 Å². The normalized spacial score (nSPS) is 18.6. The third-order valence-corrected chi connectivity index (χ3v) is 3.41. The predicted molar refractivity (Wildman–Crippen MR) is 69.1 cm³/mol. The van der Waals surface area contributed by atoms with E-state index in [0.29, 0.717) is 6.54 Å². The predicted octanol–water partition coefficient (Wildman–Crippen LogP) is 0.532. The minimum absolute atomic E-state index is 0.0629. The minimum Gasteiger partial charge on any atom is -0.467 e. The molecule has 2 heterocycles. The number of amides is 1. The summed E-state index contributed by atoms with van der Waals surface area (Å²) in [6, 6.07) is 3.67. The van der Waals surface area contributed by atoms with Crippen LogP contribution in [0.1, 0.15) is 12.7 Å². The fourth-order valence-electron chi connectivity index (χ4n) is 2.26. The van der Waals surface area contributed by atoms with Crippen molar-refractivity contribution >= 4 is 5.91 Å². The van der Waals surface area contributed by atoms with Gasteiger partial charge in [-0.05, 0) is 19.1 Å². The van der Waals surface area contributed by atoms with Crippen molar-refractivity contribution in [1.82, 2.24) is 15.1 Å². The summed E-state index contributed by atoms with van der Waals surface area (Å²) in [6.45, 7) is 6.29. The number of hydrogen-bond acceptors (Lipinski definition) is 4. The maximum atomic E-state index is 12.3.